The fourth-order valence-corrected chi connectivity index (χ4v) is 11.4. The summed E-state index contributed by atoms with van der Waals surface area (Å²) in [6.07, 6.45) is -7.28. The maximum Gasteiger partial charge on any atom is 0.264 e. The van der Waals surface area contributed by atoms with Crippen LogP contribution in [-0.4, -0.2) is 104 Å². The van der Waals surface area contributed by atoms with E-state index in [1.807, 2.05) is 55.5 Å². The number of carbonyl (C=O) groups excluding carboxylic acids is 2. The van der Waals surface area contributed by atoms with Crippen LogP contribution in [0.1, 0.15) is 41.6 Å². The number of hydrogen-bond donors (Lipinski definition) is 6. The minimum Gasteiger partial charge on any atom is -0.395 e. The lowest BCUT2D eigenvalue weighted by atomic mass is 9.82. The third-order valence-corrected chi connectivity index (χ3v) is 14.2. The van der Waals surface area contributed by atoms with Gasteiger partial charge in [-0.1, -0.05) is 70.5 Å². The number of ether oxygens (including phenoxy) is 2. The second-order valence-corrected chi connectivity index (χ2v) is 20.0. The molecule has 6 N–H and O–H groups in total. The van der Waals surface area contributed by atoms with Crippen LogP contribution in [0.2, 0.25) is 18.6 Å². The lowest BCUT2D eigenvalue weighted by molar-refractivity contribution is -0.274. The van der Waals surface area contributed by atoms with Crippen molar-refractivity contribution in [1.82, 2.24) is 15.0 Å². The predicted molar refractivity (Wildman–Crippen MR) is 207 cm³/mol. The van der Waals surface area contributed by atoms with Gasteiger partial charge in [0, 0.05) is 39.9 Å². The molecule has 298 valence electrons. The molecule has 2 saturated heterocycles. The smallest absolute Gasteiger partial charge is 0.264 e. The van der Waals surface area contributed by atoms with E-state index in [0.29, 0.717) is 41.2 Å². The number of aliphatic hydroxyl groups is 5. The van der Waals surface area contributed by atoms with Crippen molar-refractivity contribution in [3.8, 4) is 0 Å². The normalized spacial score (nSPS) is 29.5. The Labute approximate surface area is 332 Å². The van der Waals surface area contributed by atoms with Crippen LogP contribution in [0.5, 0.6) is 0 Å². The largest absolute Gasteiger partial charge is 0.395 e. The Balaban J connectivity index is 1.10. The molecule has 3 aliphatic rings. The van der Waals surface area contributed by atoms with E-state index in [0.717, 1.165) is 10.0 Å². The first-order valence-corrected chi connectivity index (χ1v) is 22.2. The SMILES string of the molecule is C[C@@H]1[C@@H]([Si](C)(C)F)[C@H](CCn2cc(C(CO)c3ccccc3)nn2)O[C@@]12C(=O)N(Cc1ccc(NC(=O)[C@H]3O[C@@H](O)[C@H](O)[C@@H](O)[C@@H]3O)cc1)c1ccc(Br)cc12. The number of carbonyl (C=O) groups is 2. The van der Waals surface area contributed by atoms with Crippen molar-refractivity contribution < 1.29 is 48.7 Å². The molecule has 3 aromatic carbocycles. The summed E-state index contributed by atoms with van der Waals surface area (Å²) in [6, 6.07) is 21.7. The molecule has 0 saturated carbocycles. The number of aliphatic hydroxyl groups excluding tert-OH is 5. The quantitative estimate of drug-likeness (QED) is 0.0956. The van der Waals surface area contributed by atoms with Gasteiger partial charge in [-0.25, -0.2) is 0 Å². The number of nitrogens with one attached hydrogen (secondary N) is 1. The lowest BCUT2D eigenvalue weighted by Gasteiger charge is -2.37. The monoisotopic (exact) mass is 853 g/mol. The van der Waals surface area contributed by atoms with E-state index >= 15 is 4.11 Å². The highest BCUT2D eigenvalue weighted by Crippen LogP contribution is 2.60. The van der Waals surface area contributed by atoms with Gasteiger partial charge in [-0.3, -0.25) is 14.3 Å². The molecule has 2 amide bonds. The van der Waals surface area contributed by atoms with Gasteiger partial charge in [-0.15, -0.1) is 5.10 Å². The molecule has 7 rings (SSSR count). The van der Waals surface area contributed by atoms with Crippen molar-refractivity contribution in [3.63, 3.8) is 0 Å². The molecule has 4 aromatic rings. The Kier molecular flexibility index (Phi) is 11.4. The molecular weight excluding hydrogens is 809 g/mol. The number of amides is 2. The van der Waals surface area contributed by atoms with Crippen molar-refractivity contribution in [2.75, 3.05) is 16.8 Å². The molecule has 17 heteroatoms. The molecule has 1 aromatic heterocycles. The fourth-order valence-electron chi connectivity index (χ4n) is 8.51. The van der Waals surface area contributed by atoms with Gasteiger partial charge in [-0.05, 0) is 61.0 Å². The zero-order valence-electron chi connectivity index (χ0n) is 30.9. The molecule has 14 nitrogen and oxygen atoms in total. The van der Waals surface area contributed by atoms with Crippen LogP contribution in [0.15, 0.2) is 83.5 Å². The standard InChI is InChI=1S/C39H45BrFN5O9Si/c1-21-35(56(2,3)41)30(15-16-45-19-28(43-44-45)26(20-47)23-7-5-4-6-8-23)55-39(21)27-17-24(40)11-14-29(27)46(38(39)53)18-22-9-12-25(13-10-22)42-36(51)34-32(49)31(48)33(50)37(52)54-34/h4-14,17,19,21,26,30-35,37,47-50,52H,15-16,18,20H2,1-3H3,(H,42,51)/t21-,26?,30+,31+,32+,33-,34+,35-,37-,39+/m1/s1. The first-order chi connectivity index (χ1) is 26.6. The highest BCUT2D eigenvalue weighted by atomic mass is 79.9. The molecule has 56 heavy (non-hydrogen) atoms. The van der Waals surface area contributed by atoms with Gasteiger partial charge in [0.1, 0.15) is 18.3 Å². The summed E-state index contributed by atoms with van der Waals surface area (Å²) >= 11 is 3.57. The number of aryl methyl sites for hydroxylation is 1. The Bertz CT molecular complexity index is 2060. The van der Waals surface area contributed by atoms with Crippen molar-refractivity contribution in [2.45, 2.75) is 93.4 Å². The number of fused-ring (bicyclic) bond motifs is 2. The molecule has 10 atom stereocenters. The Morgan fingerprint density at radius 2 is 1.75 bits per heavy atom. The first kappa shape index (κ1) is 40.3. The van der Waals surface area contributed by atoms with Gasteiger partial charge in [-0.2, -0.15) is 0 Å². The maximum absolute atomic E-state index is 16.4. The number of rotatable bonds is 11. The van der Waals surface area contributed by atoms with Gasteiger partial charge in [0.15, 0.2) is 18.0 Å². The third-order valence-electron chi connectivity index (χ3n) is 11.3. The Morgan fingerprint density at radius 1 is 1.04 bits per heavy atom. The van der Waals surface area contributed by atoms with Crippen LogP contribution >= 0.6 is 15.9 Å². The van der Waals surface area contributed by atoms with Crippen molar-refractivity contribution >= 4 is 47.5 Å². The maximum atomic E-state index is 16.4. The minimum absolute atomic E-state index is 0.140. The summed E-state index contributed by atoms with van der Waals surface area (Å²) in [5.41, 5.74) is 1.86. The second-order valence-electron chi connectivity index (χ2n) is 15.3. The van der Waals surface area contributed by atoms with Gasteiger partial charge >= 0.3 is 0 Å². The average molecular weight is 855 g/mol. The summed E-state index contributed by atoms with van der Waals surface area (Å²) in [7, 11) is -3.44. The number of anilines is 2. The number of aromatic nitrogens is 3. The van der Waals surface area contributed by atoms with Gasteiger partial charge < -0.3 is 49.3 Å². The van der Waals surface area contributed by atoms with Gasteiger partial charge in [0.05, 0.1) is 36.6 Å². The first-order valence-electron chi connectivity index (χ1n) is 18.5. The summed E-state index contributed by atoms with van der Waals surface area (Å²) in [5, 5.41) is 61.1. The van der Waals surface area contributed by atoms with E-state index in [-0.39, 0.29) is 25.0 Å². The molecule has 3 aliphatic heterocycles. The molecule has 0 aliphatic carbocycles. The van der Waals surface area contributed by atoms with Crippen LogP contribution in [-0.2, 0) is 37.8 Å². The number of nitrogens with zero attached hydrogens (tertiary/aromatic N) is 4. The summed E-state index contributed by atoms with van der Waals surface area (Å²) in [4.78, 5) is 29.3. The topological polar surface area (TPSA) is 200 Å². The molecule has 1 unspecified atom stereocenters. The third kappa shape index (κ3) is 7.36. The molecule has 1 spiro atoms. The zero-order valence-corrected chi connectivity index (χ0v) is 33.5. The van der Waals surface area contributed by atoms with Crippen LogP contribution in [0, 0.1) is 5.92 Å². The minimum atomic E-state index is -3.44. The molecule has 0 bridgehead atoms. The van der Waals surface area contributed by atoms with Crippen LogP contribution in [0.4, 0.5) is 15.5 Å². The number of halogens is 2. The van der Waals surface area contributed by atoms with Crippen molar-refractivity contribution in [1.29, 1.82) is 0 Å². The van der Waals surface area contributed by atoms with E-state index in [9.17, 15) is 35.1 Å². The van der Waals surface area contributed by atoms with E-state index in [4.69, 9.17) is 9.47 Å². The highest BCUT2D eigenvalue weighted by molar-refractivity contribution is 9.10. The Morgan fingerprint density at radius 3 is 2.43 bits per heavy atom. The summed E-state index contributed by atoms with van der Waals surface area (Å²) in [5.74, 6) is -2.01. The average Bonchev–Trinajstić information content (AvgIpc) is 3.82. The van der Waals surface area contributed by atoms with Crippen LogP contribution < -0.4 is 10.2 Å². The summed E-state index contributed by atoms with van der Waals surface area (Å²) in [6.45, 7) is 5.55. The van der Waals surface area contributed by atoms with Gasteiger partial charge in [0.25, 0.3) is 11.8 Å². The highest BCUT2D eigenvalue weighted by Gasteiger charge is 2.66. The van der Waals surface area contributed by atoms with Crippen LogP contribution in [0.25, 0.3) is 0 Å². The summed E-state index contributed by atoms with van der Waals surface area (Å²) < 4.78 is 30.8. The predicted octanol–water partition coefficient (Wildman–Crippen LogP) is 3.32. The van der Waals surface area contributed by atoms with E-state index in [1.165, 1.54) is 0 Å². The number of hydrogen-bond acceptors (Lipinski definition) is 11. The second kappa shape index (κ2) is 15.8. The van der Waals surface area contributed by atoms with Crippen LogP contribution in [0.3, 0.4) is 0 Å². The molecule has 2 fully saturated rings. The molecule has 0 radical (unpaired) electrons. The van der Waals surface area contributed by atoms with E-state index in [2.05, 4.69) is 31.6 Å². The van der Waals surface area contributed by atoms with E-state index < -0.39 is 68.2 Å². The van der Waals surface area contributed by atoms with Crippen molar-refractivity contribution in [2.24, 2.45) is 5.92 Å². The molecular formula is C39H45BrFN5O9Si. The van der Waals surface area contributed by atoms with E-state index in [1.54, 1.807) is 53.1 Å². The van der Waals surface area contributed by atoms with Crippen molar-refractivity contribution in [3.05, 3.63) is 106 Å². The fraction of sp³-hybridized carbons (Fsp3) is 0.436. The molecule has 4 heterocycles. The zero-order chi connectivity index (χ0) is 40.1. The lowest BCUT2D eigenvalue weighted by Crippen LogP contribution is -2.60. The number of benzene rings is 3. The Hall–Kier alpha value is -3.91. The van der Waals surface area contributed by atoms with Gasteiger partial charge in [0.2, 0.25) is 8.41 Å².